The van der Waals surface area contributed by atoms with Crippen molar-refractivity contribution in [2.24, 2.45) is 0 Å². The summed E-state index contributed by atoms with van der Waals surface area (Å²) in [7, 11) is 1.83. The van der Waals surface area contributed by atoms with Crippen LogP contribution in [0.3, 0.4) is 0 Å². The topological polar surface area (TPSA) is 52.5 Å². The highest BCUT2D eigenvalue weighted by molar-refractivity contribution is 5.27. The minimum atomic E-state index is -0.804. The van der Waals surface area contributed by atoms with Crippen molar-refractivity contribution >= 4 is 0 Å². The molecule has 3 nitrogen and oxygen atoms in total. The highest BCUT2D eigenvalue weighted by atomic mass is 16.3. The molecule has 0 saturated heterocycles. The predicted octanol–water partition coefficient (Wildman–Crippen LogP) is 1.81. The van der Waals surface area contributed by atoms with E-state index < -0.39 is 12.2 Å². The molecule has 1 aromatic rings. The fourth-order valence-electron chi connectivity index (χ4n) is 1.77. The van der Waals surface area contributed by atoms with Crippen molar-refractivity contribution in [3.8, 4) is 0 Å². The summed E-state index contributed by atoms with van der Waals surface area (Å²) in [6, 6.07) is 7.80. The van der Waals surface area contributed by atoms with Crippen molar-refractivity contribution in [2.75, 3.05) is 13.6 Å². The van der Waals surface area contributed by atoms with Crippen LogP contribution in [0, 0.1) is 0 Å². The van der Waals surface area contributed by atoms with Crippen LogP contribution in [0.2, 0.25) is 0 Å². The van der Waals surface area contributed by atoms with E-state index in [-0.39, 0.29) is 0 Å². The zero-order chi connectivity index (χ0) is 12.8. The fourth-order valence-corrected chi connectivity index (χ4v) is 1.77. The lowest BCUT2D eigenvalue weighted by Crippen LogP contribution is -2.23. The van der Waals surface area contributed by atoms with E-state index in [1.54, 1.807) is 0 Å². The summed E-state index contributed by atoms with van der Waals surface area (Å²) in [5, 5.41) is 22.8. The molecular formula is C14H23NO2. The van der Waals surface area contributed by atoms with E-state index in [1.807, 2.05) is 31.3 Å². The van der Waals surface area contributed by atoms with Crippen LogP contribution in [0.1, 0.15) is 43.4 Å². The van der Waals surface area contributed by atoms with Gasteiger partial charge in [0.15, 0.2) is 0 Å². The summed E-state index contributed by atoms with van der Waals surface area (Å²) in [4.78, 5) is 0. The molecule has 0 radical (unpaired) electrons. The molecule has 0 fully saturated rings. The highest BCUT2D eigenvalue weighted by Crippen LogP contribution is 2.23. The van der Waals surface area contributed by atoms with Gasteiger partial charge >= 0.3 is 0 Å². The molecule has 1 aromatic carbocycles. The zero-order valence-corrected chi connectivity index (χ0v) is 10.9. The zero-order valence-electron chi connectivity index (χ0n) is 10.9. The molecule has 0 aliphatic carbocycles. The molecule has 3 N–H and O–H groups in total. The summed E-state index contributed by atoms with van der Waals surface area (Å²) >= 11 is 0. The van der Waals surface area contributed by atoms with Crippen LogP contribution < -0.4 is 5.32 Å². The second-order valence-corrected chi connectivity index (χ2v) is 4.73. The first-order chi connectivity index (χ1) is 8.06. The van der Waals surface area contributed by atoms with Gasteiger partial charge in [0, 0.05) is 0 Å². The van der Waals surface area contributed by atoms with Crippen molar-refractivity contribution in [1.82, 2.24) is 5.32 Å². The van der Waals surface area contributed by atoms with Gasteiger partial charge in [-0.25, -0.2) is 0 Å². The number of nitrogens with one attached hydrogen (secondary N) is 1. The Hall–Kier alpha value is -0.900. The van der Waals surface area contributed by atoms with Gasteiger partial charge in [-0.15, -0.1) is 0 Å². The Morgan fingerprint density at radius 2 is 1.82 bits per heavy atom. The molecular weight excluding hydrogens is 214 g/mol. The van der Waals surface area contributed by atoms with Gasteiger partial charge in [0.25, 0.3) is 0 Å². The fraction of sp³-hybridized carbons (Fsp3) is 0.571. The lowest BCUT2D eigenvalue weighted by molar-refractivity contribution is 0.0140. The van der Waals surface area contributed by atoms with Crippen LogP contribution in [-0.4, -0.2) is 29.9 Å². The van der Waals surface area contributed by atoms with Gasteiger partial charge < -0.3 is 15.5 Å². The average Bonchev–Trinajstić information content (AvgIpc) is 2.35. The number of aliphatic hydroxyl groups is 2. The van der Waals surface area contributed by atoms with E-state index in [4.69, 9.17) is 0 Å². The second-order valence-electron chi connectivity index (χ2n) is 4.73. The van der Waals surface area contributed by atoms with Crippen LogP contribution in [0.15, 0.2) is 24.3 Å². The monoisotopic (exact) mass is 237 g/mol. The standard InChI is InChI=1S/C14H23NO2/c1-10(2)11-5-4-6-12(9-11)14(17)13(16)7-8-15-3/h4-6,9-10,13-17H,7-8H2,1-3H3. The first kappa shape index (κ1) is 14.2. The van der Waals surface area contributed by atoms with E-state index in [1.165, 1.54) is 5.56 Å². The predicted molar refractivity (Wildman–Crippen MR) is 70.0 cm³/mol. The van der Waals surface area contributed by atoms with Crippen LogP contribution in [-0.2, 0) is 0 Å². The van der Waals surface area contributed by atoms with Crippen LogP contribution in [0.25, 0.3) is 0 Å². The highest BCUT2D eigenvalue weighted by Gasteiger charge is 2.18. The minimum Gasteiger partial charge on any atom is -0.390 e. The lowest BCUT2D eigenvalue weighted by atomic mass is 9.96. The Kier molecular flexibility index (Phi) is 5.62. The maximum Gasteiger partial charge on any atom is 0.105 e. The van der Waals surface area contributed by atoms with Crippen molar-refractivity contribution < 1.29 is 10.2 Å². The average molecular weight is 237 g/mol. The number of aliphatic hydroxyl groups excluding tert-OH is 2. The largest absolute Gasteiger partial charge is 0.390 e. The van der Waals surface area contributed by atoms with E-state index >= 15 is 0 Å². The molecule has 17 heavy (non-hydrogen) atoms. The van der Waals surface area contributed by atoms with Crippen molar-refractivity contribution in [3.05, 3.63) is 35.4 Å². The molecule has 0 bridgehead atoms. The quantitative estimate of drug-likeness (QED) is 0.707. The maximum absolute atomic E-state index is 10.0. The molecule has 0 heterocycles. The Morgan fingerprint density at radius 3 is 2.41 bits per heavy atom. The normalized spacial score (nSPS) is 14.9. The summed E-state index contributed by atoms with van der Waals surface area (Å²) in [5.74, 6) is 0.427. The van der Waals surface area contributed by atoms with Crippen molar-refractivity contribution in [2.45, 2.75) is 38.4 Å². The molecule has 0 aliphatic rings. The van der Waals surface area contributed by atoms with Crippen molar-refractivity contribution in [1.29, 1.82) is 0 Å². The summed E-state index contributed by atoms with van der Waals surface area (Å²) in [6.45, 7) is 4.92. The van der Waals surface area contributed by atoms with E-state index in [2.05, 4.69) is 19.2 Å². The second kappa shape index (κ2) is 6.74. The van der Waals surface area contributed by atoms with E-state index in [0.717, 1.165) is 5.56 Å². The van der Waals surface area contributed by atoms with Gasteiger partial charge in [0.05, 0.1) is 6.10 Å². The molecule has 1 rings (SSSR count). The number of hydrogen-bond donors (Lipinski definition) is 3. The third-order valence-electron chi connectivity index (χ3n) is 2.97. The minimum absolute atomic E-state index is 0.427. The molecule has 0 saturated carbocycles. The molecule has 0 aromatic heterocycles. The maximum atomic E-state index is 10.0. The molecule has 0 spiro atoms. The number of hydrogen-bond acceptors (Lipinski definition) is 3. The van der Waals surface area contributed by atoms with Crippen LogP contribution in [0.5, 0.6) is 0 Å². The Bertz CT molecular complexity index is 339. The van der Waals surface area contributed by atoms with Gasteiger partial charge in [-0.2, -0.15) is 0 Å². The summed E-state index contributed by atoms with van der Waals surface area (Å²) in [6.07, 6.45) is -0.976. The van der Waals surface area contributed by atoms with Gasteiger partial charge in [-0.3, -0.25) is 0 Å². The molecule has 3 heteroatoms. The molecule has 0 aliphatic heterocycles. The molecule has 96 valence electrons. The van der Waals surface area contributed by atoms with Crippen LogP contribution >= 0.6 is 0 Å². The molecule has 2 atom stereocenters. The summed E-state index contributed by atoms with van der Waals surface area (Å²) in [5.41, 5.74) is 1.97. The van der Waals surface area contributed by atoms with Crippen LogP contribution in [0.4, 0.5) is 0 Å². The number of rotatable bonds is 6. The molecule has 0 amide bonds. The van der Waals surface area contributed by atoms with E-state index in [9.17, 15) is 10.2 Å². The smallest absolute Gasteiger partial charge is 0.105 e. The first-order valence-electron chi connectivity index (χ1n) is 6.16. The SMILES string of the molecule is CNCCC(O)C(O)c1cccc(C(C)C)c1. The van der Waals surface area contributed by atoms with Gasteiger partial charge in [0.1, 0.15) is 6.10 Å². The Balaban J connectivity index is 2.74. The lowest BCUT2D eigenvalue weighted by Gasteiger charge is -2.19. The summed E-state index contributed by atoms with van der Waals surface area (Å²) < 4.78 is 0. The van der Waals surface area contributed by atoms with E-state index in [0.29, 0.717) is 18.9 Å². The van der Waals surface area contributed by atoms with Gasteiger partial charge in [0.2, 0.25) is 0 Å². The van der Waals surface area contributed by atoms with Gasteiger partial charge in [-0.05, 0) is 37.1 Å². The third kappa shape index (κ3) is 4.11. The Morgan fingerprint density at radius 1 is 1.18 bits per heavy atom. The van der Waals surface area contributed by atoms with Crippen molar-refractivity contribution in [3.63, 3.8) is 0 Å². The molecule has 2 unspecified atom stereocenters. The first-order valence-corrected chi connectivity index (χ1v) is 6.16. The Labute approximate surface area is 103 Å². The van der Waals surface area contributed by atoms with Gasteiger partial charge in [-0.1, -0.05) is 38.1 Å². The number of benzene rings is 1. The third-order valence-corrected chi connectivity index (χ3v) is 2.97.